The molecule has 0 saturated carbocycles. The molecular weight excluding hydrogens is 364 g/mol. The Hall–Kier alpha value is -2.28. The number of para-hydroxylation sites is 2. The highest BCUT2D eigenvalue weighted by molar-refractivity contribution is 7.99. The van der Waals surface area contributed by atoms with E-state index in [1.54, 1.807) is 6.92 Å². The number of thioether (sulfide) groups is 1. The predicted molar refractivity (Wildman–Crippen MR) is 104 cm³/mol. The van der Waals surface area contributed by atoms with Gasteiger partial charge in [0.15, 0.2) is 11.7 Å². The molecule has 0 saturated heterocycles. The molecule has 7 heteroatoms. The molecule has 1 aromatic heterocycles. The summed E-state index contributed by atoms with van der Waals surface area (Å²) in [7, 11) is 0. The zero-order chi connectivity index (χ0) is 19.1. The molecule has 0 spiro atoms. The van der Waals surface area contributed by atoms with Crippen LogP contribution in [0.25, 0.3) is 11.1 Å². The van der Waals surface area contributed by atoms with Gasteiger partial charge in [-0.05, 0) is 51.2 Å². The van der Waals surface area contributed by atoms with Crippen LogP contribution in [0, 0.1) is 0 Å². The molecule has 1 aromatic carbocycles. The Labute approximate surface area is 162 Å². The van der Waals surface area contributed by atoms with Gasteiger partial charge in [0.25, 0.3) is 11.1 Å². The van der Waals surface area contributed by atoms with Gasteiger partial charge in [-0.25, -0.2) is 4.98 Å². The van der Waals surface area contributed by atoms with Crippen molar-refractivity contribution in [2.45, 2.75) is 50.4 Å². The average Bonchev–Trinajstić information content (AvgIpc) is 3.10. The van der Waals surface area contributed by atoms with E-state index in [0.29, 0.717) is 17.4 Å². The van der Waals surface area contributed by atoms with Crippen LogP contribution in [0.2, 0.25) is 0 Å². The van der Waals surface area contributed by atoms with Crippen molar-refractivity contribution in [3.8, 4) is 0 Å². The Bertz CT molecular complexity index is 797. The first kappa shape index (κ1) is 19.5. The SMILES string of the molecule is C[C@@H](OC(=O)CSc1nc2ccccc2o1)C(=O)NCCC1=CCCCC1. The summed E-state index contributed by atoms with van der Waals surface area (Å²) in [6.45, 7) is 2.15. The molecule has 1 N–H and O–H groups in total. The minimum absolute atomic E-state index is 0.0390. The largest absolute Gasteiger partial charge is 0.452 e. The molecule has 1 aliphatic carbocycles. The molecule has 144 valence electrons. The lowest BCUT2D eigenvalue weighted by molar-refractivity contribution is -0.152. The number of fused-ring (bicyclic) bond motifs is 1. The van der Waals surface area contributed by atoms with Gasteiger partial charge in [0.1, 0.15) is 11.3 Å². The van der Waals surface area contributed by atoms with Gasteiger partial charge >= 0.3 is 5.97 Å². The van der Waals surface area contributed by atoms with E-state index in [1.807, 2.05) is 24.3 Å². The number of hydrogen-bond acceptors (Lipinski definition) is 6. The lowest BCUT2D eigenvalue weighted by Gasteiger charge is -2.15. The lowest BCUT2D eigenvalue weighted by Crippen LogP contribution is -2.36. The summed E-state index contributed by atoms with van der Waals surface area (Å²) in [5, 5.41) is 3.24. The van der Waals surface area contributed by atoms with Crippen LogP contribution < -0.4 is 5.32 Å². The van der Waals surface area contributed by atoms with Crippen molar-refractivity contribution in [3.05, 3.63) is 35.9 Å². The van der Waals surface area contributed by atoms with Crippen LogP contribution in [-0.2, 0) is 14.3 Å². The minimum Gasteiger partial charge on any atom is -0.452 e. The van der Waals surface area contributed by atoms with Crippen LogP contribution in [0.5, 0.6) is 0 Å². The van der Waals surface area contributed by atoms with Crippen LogP contribution >= 0.6 is 11.8 Å². The van der Waals surface area contributed by atoms with Crippen LogP contribution in [-0.4, -0.2) is 35.3 Å². The number of nitrogens with one attached hydrogen (secondary N) is 1. The number of rotatable bonds is 8. The second-order valence-electron chi connectivity index (χ2n) is 6.52. The zero-order valence-corrected chi connectivity index (χ0v) is 16.2. The maximum Gasteiger partial charge on any atom is 0.317 e. The number of benzene rings is 1. The number of hydrogen-bond donors (Lipinski definition) is 1. The van der Waals surface area contributed by atoms with Crippen LogP contribution in [0.4, 0.5) is 0 Å². The van der Waals surface area contributed by atoms with Crippen molar-refractivity contribution in [2.24, 2.45) is 0 Å². The van der Waals surface area contributed by atoms with E-state index < -0.39 is 12.1 Å². The molecule has 0 bridgehead atoms. The summed E-state index contributed by atoms with van der Waals surface area (Å²) in [6, 6.07) is 7.40. The maximum absolute atomic E-state index is 12.1. The molecule has 1 heterocycles. The van der Waals surface area contributed by atoms with Crippen molar-refractivity contribution in [3.63, 3.8) is 0 Å². The van der Waals surface area contributed by atoms with Gasteiger partial charge in [-0.15, -0.1) is 0 Å². The number of nitrogens with zero attached hydrogens (tertiary/aromatic N) is 1. The normalized spacial score (nSPS) is 15.2. The highest BCUT2D eigenvalue weighted by atomic mass is 32.2. The van der Waals surface area contributed by atoms with E-state index in [9.17, 15) is 9.59 Å². The zero-order valence-electron chi connectivity index (χ0n) is 15.4. The van der Waals surface area contributed by atoms with Crippen LogP contribution in [0.1, 0.15) is 39.0 Å². The molecule has 0 aliphatic heterocycles. The van der Waals surface area contributed by atoms with Gasteiger partial charge in [-0.1, -0.05) is 35.5 Å². The minimum atomic E-state index is -0.818. The average molecular weight is 388 g/mol. The first-order valence-corrected chi connectivity index (χ1v) is 10.2. The van der Waals surface area contributed by atoms with E-state index in [2.05, 4.69) is 16.4 Å². The van der Waals surface area contributed by atoms with Crippen molar-refractivity contribution < 1.29 is 18.7 Å². The van der Waals surface area contributed by atoms with Gasteiger partial charge in [-0.3, -0.25) is 9.59 Å². The second-order valence-corrected chi connectivity index (χ2v) is 7.44. The standard InChI is InChI=1S/C20H24N2O4S/c1-14(19(24)21-12-11-15-7-3-2-4-8-15)25-18(23)13-27-20-22-16-9-5-6-10-17(16)26-20/h5-7,9-10,14H,2-4,8,11-13H2,1H3,(H,21,24)/t14-/m1/s1. The Morgan fingerprint density at radius 2 is 2.19 bits per heavy atom. The van der Waals surface area contributed by atoms with E-state index in [1.165, 1.54) is 18.4 Å². The van der Waals surface area contributed by atoms with Crippen LogP contribution in [0.15, 0.2) is 45.6 Å². The summed E-state index contributed by atoms with van der Waals surface area (Å²) in [6.07, 6.45) is 7.04. The van der Waals surface area contributed by atoms with E-state index >= 15 is 0 Å². The number of ether oxygens (including phenoxy) is 1. The van der Waals surface area contributed by atoms with Gasteiger partial charge in [-0.2, -0.15) is 0 Å². The maximum atomic E-state index is 12.1. The fourth-order valence-electron chi connectivity index (χ4n) is 2.94. The Kier molecular flexibility index (Phi) is 6.92. The molecule has 0 fully saturated rings. The molecule has 1 amide bonds. The number of aromatic nitrogens is 1. The summed E-state index contributed by atoms with van der Waals surface area (Å²) >= 11 is 1.15. The highest BCUT2D eigenvalue weighted by Gasteiger charge is 2.18. The van der Waals surface area contributed by atoms with Crippen molar-refractivity contribution in [2.75, 3.05) is 12.3 Å². The second kappa shape index (κ2) is 9.60. The molecule has 2 aromatic rings. The van der Waals surface area contributed by atoms with Crippen molar-refractivity contribution in [1.29, 1.82) is 0 Å². The summed E-state index contributed by atoms with van der Waals surface area (Å²) in [5.41, 5.74) is 2.82. The van der Waals surface area contributed by atoms with Crippen molar-refractivity contribution >= 4 is 34.7 Å². The van der Waals surface area contributed by atoms with Gasteiger partial charge in [0, 0.05) is 6.54 Å². The molecule has 0 unspecified atom stereocenters. The number of allylic oxidation sites excluding steroid dienone is 1. The highest BCUT2D eigenvalue weighted by Crippen LogP contribution is 2.23. The quantitative estimate of drug-likeness (QED) is 0.420. The third-order valence-corrected chi connectivity index (χ3v) is 5.20. The van der Waals surface area contributed by atoms with E-state index in [4.69, 9.17) is 9.15 Å². The summed E-state index contributed by atoms with van der Waals surface area (Å²) < 4.78 is 10.7. The summed E-state index contributed by atoms with van der Waals surface area (Å²) in [4.78, 5) is 28.3. The van der Waals surface area contributed by atoms with Crippen molar-refractivity contribution in [1.82, 2.24) is 10.3 Å². The predicted octanol–water partition coefficient (Wildman–Crippen LogP) is 3.86. The molecule has 6 nitrogen and oxygen atoms in total. The Morgan fingerprint density at radius 1 is 1.33 bits per heavy atom. The van der Waals surface area contributed by atoms with Gasteiger partial charge < -0.3 is 14.5 Å². The van der Waals surface area contributed by atoms with E-state index in [0.717, 1.165) is 36.5 Å². The topological polar surface area (TPSA) is 81.4 Å². The number of oxazole rings is 1. The third kappa shape index (κ3) is 5.85. The number of carbonyl (C=O) groups excluding carboxylic acids is 2. The van der Waals surface area contributed by atoms with Gasteiger partial charge in [0.2, 0.25) is 0 Å². The van der Waals surface area contributed by atoms with Crippen LogP contribution in [0.3, 0.4) is 0 Å². The lowest BCUT2D eigenvalue weighted by atomic mass is 9.97. The molecule has 0 radical (unpaired) electrons. The first-order valence-electron chi connectivity index (χ1n) is 9.25. The molecule has 1 aliphatic rings. The molecular formula is C20H24N2O4S. The molecule has 1 atom stereocenters. The monoisotopic (exact) mass is 388 g/mol. The van der Waals surface area contributed by atoms with Gasteiger partial charge in [0.05, 0.1) is 0 Å². The summed E-state index contributed by atoms with van der Waals surface area (Å²) in [5.74, 6) is -0.705. The Morgan fingerprint density at radius 3 is 2.96 bits per heavy atom. The Balaban J connectivity index is 1.37. The van der Waals surface area contributed by atoms with E-state index in [-0.39, 0.29) is 11.7 Å². The number of amides is 1. The first-order chi connectivity index (χ1) is 13.1. The molecule has 27 heavy (non-hydrogen) atoms. The smallest absolute Gasteiger partial charge is 0.317 e. The molecule has 3 rings (SSSR count). The number of esters is 1. The number of carbonyl (C=O) groups is 2. The fraction of sp³-hybridized carbons (Fsp3) is 0.450. The third-order valence-electron chi connectivity index (χ3n) is 4.40. The fourth-order valence-corrected chi connectivity index (χ4v) is 3.56.